The van der Waals surface area contributed by atoms with E-state index in [2.05, 4.69) is 0 Å². The van der Waals surface area contributed by atoms with Gasteiger partial charge in [-0.05, 0) is 164 Å². The van der Waals surface area contributed by atoms with Crippen LogP contribution >= 0.6 is 0 Å². The zero-order valence-corrected chi connectivity index (χ0v) is 60.4. The molecule has 526 valence electrons. The number of cyclic esters (lactones) is 5. The van der Waals surface area contributed by atoms with Crippen molar-refractivity contribution in [1.82, 2.24) is 0 Å². The molecule has 5 aliphatic heterocycles. The molecule has 0 saturated carbocycles. The Labute approximate surface area is 541 Å². The summed E-state index contributed by atoms with van der Waals surface area (Å²) in [6.45, 7) is 44.3. The Balaban J connectivity index is 0.000000569. The van der Waals surface area contributed by atoms with Gasteiger partial charge in [-0.3, -0.25) is 38.4 Å². The first-order chi connectivity index (χ1) is 41.2. The van der Waals surface area contributed by atoms with Crippen molar-refractivity contribution >= 4 is 59.7 Å². The van der Waals surface area contributed by atoms with Crippen LogP contribution in [0, 0.1) is 27.1 Å². The van der Waals surface area contributed by atoms with Crippen LogP contribution in [0.15, 0.2) is 0 Å². The molecule has 5 heterocycles. The largest absolute Gasteiger partial charge is 0.457 e. The molecule has 9 unspecified atom stereocenters. The van der Waals surface area contributed by atoms with E-state index in [4.69, 9.17) is 66.3 Å². The third-order valence-electron chi connectivity index (χ3n) is 18.5. The van der Waals surface area contributed by atoms with Gasteiger partial charge in [-0.2, -0.15) is 0 Å². The van der Waals surface area contributed by atoms with Crippen LogP contribution in [-0.2, 0) is 114 Å². The number of esters is 10. The zero-order valence-electron chi connectivity index (χ0n) is 60.4. The third-order valence-corrected chi connectivity index (χ3v) is 18.5. The van der Waals surface area contributed by atoms with Gasteiger partial charge in [0.25, 0.3) is 0 Å². The van der Waals surface area contributed by atoms with Crippen molar-refractivity contribution in [3.63, 3.8) is 0 Å². The third kappa shape index (κ3) is 21.8. The Morgan fingerprint density at radius 2 is 0.824 bits per heavy atom. The smallest absolute Gasteiger partial charge is 0.351 e. The lowest BCUT2D eigenvalue weighted by Crippen LogP contribution is -2.53. The maximum absolute atomic E-state index is 12.2. The molecule has 0 aromatic heterocycles. The van der Waals surface area contributed by atoms with Gasteiger partial charge in [0.1, 0.15) is 16.8 Å². The summed E-state index contributed by atoms with van der Waals surface area (Å²) < 4.78 is 73.7. The van der Waals surface area contributed by atoms with Crippen molar-refractivity contribution < 1.29 is 114 Å². The molecule has 5 saturated heterocycles. The molecular formula is C67H114O24. The molecule has 0 aliphatic carbocycles. The van der Waals surface area contributed by atoms with Crippen molar-refractivity contribution in [1.29, 1.82) is 0 Å². The van der Waals surface area contributed by atoms with Gasteiger partial charge in [0.05, 0.1) is 72.8 Å². The van der Waals surface area contributed by atoms with Crippen LogP contribution in [0.4, 0.5) is 0 Å². The average molecular weight is 1300 g/mol. The number of carbonyl (C=O) groups is 10. The van der Waals surface area contributed by atoms with E-state index >= 15 is 0 Å². The van der Waals surface area contributed by atoms with E-state index in [0.717, 1.165) is 0 Å². The highest BCUT2D eigenvalue weighted by Gasteiger charge is 2.60. The Morgan fingerprint density at radius 1 is 0.440 bits per heavy atom. The zero-order chi connectivity index (χ0) is 71.2. The SMILES string of the molecule is CCC(C)(C)C(=O)OC1(C)CC(=O)OC1(C)C.CCC(C)(C)C(=O)OC1(C)CC(=O)OC1(C)COC.CCC(C)(C)C(=O)OC1(C)CC(C)(COC)OC1=O.CCC(C)(C)C(=O)OC1CC(=O)OC1(C)COC.CCC(C)(C)C(=O)OC1CC(C)(COC)OC1=O. The topological polar surface area (TPSA) is 300 Å². The Bertz CT molecular complexity index is 2570. The second-order valence-electron chi connectivity index (χ2n) is 29.7. The van der Waals surface area contributed by atoms with Crippen LogP contribution < -0.4 is 0 Å². The summed E-state index contributed by atoms with van der Waals surface area (Å²) in [5.74, 6) is -3.71. The van der Waals surface area contributed by atoms with Gasteiger partial charge in [0.2, 0.25) is 11.7 Å². The first kappa shape index (κ1) is 83.6. The predicted octanol–water partition coefficient (Wildman–Crippen LogP) is 9.98. The lowest BCUT2D eigenvalue weighted by Gasteiger charge is -2.38. The molecule has 91 heavy (non-hydrogen) atoms. The van der Waals surface area contributed by atoms with Gasteiger partial charge in [0.15, 0.2) is 28.5 Å². The fourth-order valence-corrected chi connectivity index (χ4v) is 9.10. The quantitative estimate of drug-likeness (QED) is 0.0678. The monoisotopic (exact) mass is 1300 g/mol. The first-order valence-electron chi connectivity index (χ1n) is 31.4. The molecule has 24 nitrogen and oxygen atoms in total. The minimum absolute atomic E-state index is 0.0540. The van der Waals surface area contributed by atoms with E-state index < -0.39 is 96.0 Å². The summed E-state index contributed by atoms with van der Waals surface area (Å²) in [5, 5.41) is 0. The Hall–Kier alpha value is -5.46. The van der Waals surface area contributed by atoms with Crippen LogP contribution in [0.5, 0.6) is 0 Å². The van der Waals surface area contributed by atoms with Crippen molar-refractivity contribution in [2.75, 3.05) is 54.9 Å². The van der Waals surface area contributed by atoms with Gasteiger partial charge in [-0.1, -0.05) is 34.6 Å². The minimum Gasteiger partial charge on any atom is -0.457 e. The first-order valence-corrected chi connectivity index (χ1v) is 31.4. The highest BCUT2D eigenvalue weighted by molar-refractivity contribution is 5.87. The molecule has 5 aliphatic rings. The number of methoxy groups -OCH3 is 4. The summed E-state index contributed by atoms with van der Waals surface area (Å²) in [5.41, 5.74) is -10.0. The lowest BCUT2D eigenvalue weighted by atomic mass is 9.84. The predicted molar refractivity (Wildman–Crippen MR) is 332 cm³/mol. The molecule has 0 amide bonds. The van der Waals surface area contributed by atoms with E-state index in [1.807, 2.05) is 76.2 Å². The lowest BCUT2D eigenvalue weighted by molar-refractivity contribution is -0.194. The molecule has 0 aromatic rings. The molecule has 0 radical (unpaired) electrons. The van der Waals surface area contributed by atoms with Crippen molar-refractivity contribution in [3.8, 4) is 0 Å². The van der Waals surface area contributed by atoms with Gasteiger partial charge in [-0.15, -0.1) is 0 Å². The van der Waals surface area contributed by atoms with Crippen LogP contribution in [0.1, 0.15) is 230 Å². The van der Waals surface area contributed by atoms with E-state index in [1.165, 1.54) is 14.2 Å². The normalized spacial score (nSPS) is 29.3. The number of hydrogen-bond acceptors (Lipinski definition) is 24. The molecule has 24 heteroatoms. The van der Waals surface area contributed by atoms with Gasteiger partial charge in [0, 0.05) is 41.3 Å². The molecule has 0 bridgehead atoms. The van der Waals surface area contributed by atoms with Crippen molar-refractivity contribution in [2.45, 2.75) is 287 Å². The second kappa shape index (κ2) is 31.6. The summed E-state index contributed by atoms with van der Waals surface area (Å²) in [4.78, 5) is 118. The number of hydrogen-bond donors (Lipinski definition) is 0. The Kier molecular flexibility index (Phi) is 29.1. The van der Waals surface area contributed by atoms with Crippen molar-refractivity contribution in [3.05, 3.63) is 0 Å². The maximum atomic E-state index is 12.2. The summed E-state index contributed by atoms with van der Waals surface area (Å²) in [7, 11) is 6.13. The molecule has 0 aromatic carbocycles. The fourth-order valence-electron chi connectivity index (χ4n) is 9.10. The number of ether oxygens (including phenoxy) is 14. The van der Waals surface area contributed by atoms with E-state index in [-0.39, 0.29) is 86.8 Å². The average Bonchev–Trinajstić information content (AvgIpc) is 1.67. The van der Waals surface area contributed by atoms with Crippen LogP contribution in [0.3, 0.4) is 0 Å². The number of carbonyl (C=O) groups excluding carboxylic acids is 10. The molecule has 5 rings (SSSR count). The van der Waals surface area contributed by atoms with Crippen LogP contribution in [0.25, 0.3) is 0 Å². The van der Waals surface area contributed by atoms with Gasteiger partial charge >= 0.3 is 59.7 Å². The summed E-state index contributed by atoms with van der Waals surface area (Å²) in [6.07, 6.45) is 2.84. The minimum atomic E-state index is -1.23. The summed E-state index contributed by atoms with van der Waals surface area (Å²) in [6, 6.07) is 0. The number of rotatable bonds is 23. The highest BCUT2D eigenvalue weighted by atomic mass is 16.7. The highest BCUT2D eigenvalue weighted by Crippen LogP contribution is 2.44. The van der Waals surface area contributed by atoms with E-state index in [0.29, 0.717) is 51.6 Å². The van der Waals surface area contributed by atoms with E-state index in [1.54, 1.807) is 104 Å². The standard InChI is InChI=1S/2C14H24O5.2C13H22O5.C13H22O4/c1-7-12(2,3)10(15)19-14(5)8-13(4,9-17-6)18-11(14)16;1-7-12(2,3)11(16)19-13(4)8-10(15)18-14(13,5)9-17-6;1-6-12(2,3)11(15)17-9-7-13(4,8-16-5)18-10(9)14;1-6-12(2,3)11(15)17-9-7-10(14)18-13(9,4)8-16-5;1-7-11(2,3)10(15)17-13(6)8-9(14)16-12(13,4)5/h2*7-9H2,1-6H3;2*9H,6-8H2,1-5H3;7-8H2,1-6H3. The fraction of sp³-hybridized carbons (Fsp3) is 0.851. The summed E-state index contributed by atoms with van der Waals surface area (Å²) >= 11 is 0. The van der Waals surface area contributed by atoms with Crippen LogP contribution in [0.2, 0.25) is 0 Å². The van der Waals surface area contributed by atoms with E-state index in [9.17, 15) is 47.9 Å². The van der Waals surface area contributed by atoms with Crippen molar-refractivity contribution in [2.24, 2.45) is 27.1 Å². The molecule has 5 fully saturated rings. The second-order valence-corrected chi connectivity index (χ2v) is 29.7. The van der Waals surface area contributed by atoms with Crippen LogP contribution in [-0.4, -0.2) is 172 Å². The molecule has 9 atom stereocenters. The van der Waals surface area contributed by atoms with Gasteiger partial charge in [-0.25, -0.2) is 9.59 Å². The maximum Gasteiger partial charge on any atom is 0.351 e. The molecular weight excluding hydrogens is 1190 g/mol. The molecule has 0 N–H and O–H groups in total. The molecule has 0 spiro atoms. The Morgan fingerprint density at radius 3 is 1.24 bits per heavy atom. The van der Waals surface area contributed by atoms with Gasteiger partial charge < -0.3 is 66.3 Å².